The summed E-state index contributed by atoms with van der Waals surface area (Å²) in [5.74, 6) is 0.0355. The third-order valence-corrected chi connectivity index (χ3v) is 3.11. The third-order valence-electron chi connectivity index (χ3n) is 2.82. The van der Waals surface area contributed by atoms with Gasteiger partial charge in [0.1, 0.15) is 11.8 Å². The molecule has 3 nitrogen and oxygen atoms in total. The molecule has 2 aromatic carbocycles. The molecule has 102 valence electrons. The first-order valence-electron chi connectivity index (χ1n) is 5.90. The molecule has 0 aliphatic rings. The van der Waals surface area contributed by atoms with Crippen molar-refractivity contribution < 1.29 is 9.13 Å². The first-order chi connectivity index (χ1) is 9.65. The largest absolute Gasteiger partial charge is 0.495 e. The maximum atomic E-state index is 13.7. The second kappa shape index (κ2) is 6.27. The van der Waals surface area contributed by atoms with Crippen molar-refractivity contribution in [2.75, 3.05) is 12.4 Å². The number of rotatable bonds is 4. The van der Waals surface area contributed by atoms with E-state index in [0.29, 0.717) is 23.5 Å². The van der Waals surface area contributed by atoms with Gasteiger partial charge >= 0.3 is 0 Å². The number of hydrogen-bond donors (Lipinski definition) is 1. The van der Waals surface area contributed by atoms with Crippen LogP contribution in [0.15, 0.2) is 36.4 Å². The highest BCUT2D eigenvalue weighted by Crippen LogP contribution is 2.23. The molecule has 0 fully saturated rings. The Labute approximate surface area is 121 Å². The Morgan fingerprint density at radius 2 is 2.15 bits per heavy atom. The van der Waals surface area contributed by atoms with Gasteiger partial charge in [-0.05, 0) is 29.8 Å². The van der Waals surface area contributed by atoms with E-state index in [1.807, 2.05) is 6.07 Å². The van der Waals surface area contributed by atoms with Crippen LogP contribution in [0.4, 0.5) is 10.1 Å². The van der Waals surface area contributed by atoms with Gasteiger partial charge in [-0.2, -0.15) is 5.26 Å². The van der Waals surface area contributed by atoms with Crippen LogP contribution < -0.4 is 10.1 Å². The standard InChI is InChI=1S/C15H12ClFN2O/c1-20-14-6-5-10(7-11(14)8-18)9-19-13-4-2-3-12(16)15(13)17/h2-7,19H,9H2,1H3. The van der Waals surface area contributed by atoms with Crippen molar-refractivity contribution in [3.8, 4) is 11.8 Å². The van der Waals surface area contributed by atoms with E-state index >= 15 is 0 Å². The molecular formula is C15H12ClFN2O. The van der Waals surface area contributed by atoms with Crippen LogP contribution in [0, 0.1) is 17.1 Å². The van der Waals surface area contributed by atoms with Crippen molar-refractivity contribution in [3.05, 3.63) is 58.4 Å². The number of methoxy groups -OCH3 is 1. The van der Waals surface area contributed by atoms with Gasteiger partial charge in [0, 0.05) is 6.54 Å². The fourth-order valence-electron chi connectivity index (χ4n) is 1.79. The first-order valence-corrected chi connectivity index (χ1v) is 6.28. The van der Waals surface area contributed by atoms with E-state index in [0.717, 1.165) is 5.56 Å². The molecule has 0 saturated heterocycles. The Morgan fingerprint density at radius 3 is 2.85 bits per heavy atom. The first kappa shape index (κ1) is 14.2. The molecule has 0 atom stereocenters. The average Bonchev–Trinajstić information content (AvgIpc) is 2.48. The van der Waals surface area contributed by atoms with E-state index < -0.39 is 5.82 Å². The summed E-state index contributed by atoms with van der Waals surface area (Å²) in [7, 11) is 1.51. The average molecular weight is 291 g/mol. The number of nitriles is 1. The molecule has 0 spiro atoms. The Hall–Kier alpha value is -2.25. The molecule has 0 saturated carbocycles. The number of hydrogen-bond acceptors (Lipinski definition) is 3. The quantitative estimate of drug-likeness (QED) is 0.926. The Kier molecular flexibility index (Phi) is 4.44. The smallest absolute Gasteiger partial charge is 0.164 e. The number of nitrogens with zero attached hydrogens (tertiary/aromatic N) is 1. The van der Waals surface area contributed by atoms with Crippen LogP contribution in [-0.2, 0) is 6.54 Å². The molecule has 0 amide bonds. The topological polar surface area (TPSA) is 45.0 Å². The zero-order valence-corrected chi connectivity index (χ0v) is 11.5. The normalized spacial score (nSPS) is 9.90. The Bertz CT molecular complexity index is 667. The second-order valence-electron chi connectivity index (χ2n) is 4.10. The molecule has 0 bridgehead atoms. The van der Waals surface area contributed by atoms with Gasteiger partial charge in [-0.1, -0.05) is 23.7 Å². The molecule has 0 aliphatic carbocycles. The molecule has 0 heterocycles. The lowest BCUT2D eigenvalue weighted by Crippen LogP contribution is -2.02. The van der Waals surface area contributed by atoms with Gasteiger partial charge < -0.3 is 10.1 Å². The van der Waals surface area contributed by atoms with Crippen LogP contribution in [0.2, 0.25) is 5.02 Å². The highest BCUT2D eigenvalue weighted by atomic mass is 35.5. The zero-order chi connectivity index (χ0) is 14.5. The minimum Gasteiger partial charge on any atom is -0.495 e. The van der Waals surface area contributed by atoms with Crippen LogP contribution in [0.25, 0.3) is 0 Å². The van der Waals surface area contributed by atoms with Crippen LogP contribution in [0.5, 0.6) is 5.75 Å². The summed E-state index contributed by atoms with van der Waals surface area (Å²) in [4.78, 5) is 0. The predicted octanol–water partition coefficient (Wildman–Crippen LogP) is 3.97. The number of benzene rings is 2. The molecule has 1 N–H and O–H groups in total. The SMILES string of the molecule is COc1ccc(CNc2cccc(Cl)c2F)cc1C#N. The van der Waals surface area contributed by atoms with Gasteiger partial charge in [-0.25, -0.2) is 4.39 Å². The van der Waals surface area contributed by atoms with Crippen LogP contribution in [-0.4, -0.2) is 7.11 Å². The minimum atomic E-state index is -0.483. The van der Waals surface area contributed by atoms with Crippen LogP contribution >= 0.6 is 11.6 Å². The van der Waals surface area contributed by atoms with Gasteiger partial charge in [0.15, 0.2) is 5.82 Å². The van der Waals surface area contributed by atoms with Gasteiger partial charge in [0.05, 0.1) is 23.4 Å². The second-order valence-corrected chi connectivity index (χ2v) is 4.51. The van der Waals surface area contributed by atoms with Gasteiger partial charge in [-0.3, -0.25) is 0 Å². The number of halogens is 2. The zero-order valence-electron chi connectivity index (χ0n) is 10.8. The van der Waals surface area contributed by atoms with Crippen molar-refractivity contribution in [2.45, 2.75) is 6.54 Å². The third kappa shape index (κ3) is 3.01. The maximum Gasteiger partial charge on any atom is 0.164 e. The summed E-state index contributed by atoms with van der Waals surface area (Å²) in [6.45, 7) is 0.385. The number of ether oxygens (including phenoxy) is 1. The lowest BCUT2D eigenvalue weighted by Gasteiger charge is -2.10. The van der Waals surface area contributed by atoms with Crippen molar-refractivity contribution in [2.24, 2.45) is 0 Å². The summed E-state index contributed by atoms with van der Waals surface area (Å²) in [5.41, 5.74) is 1.62. The van der Waals surface area contributed by atoms with E-state index in [9.17, 15) is 4.39 Å². The molecule has 0 aliphatic heterocycles. The lowest BCUT2D eigenvalue weighted by atomic mass is 10.1. The fourth-order valence-corrected chi connectivity index (χ4v) is 1.96. The van der Waals surface area contributed by atoms with Gasteiger partial charge in [-0.15, -0.1) is 0 Å². The molecule has 0 unspecified atom stereocenters. The van der Waals surface area contributed by atoms with Crippen molar-refractivity contribution in [1.29, 1.82) is 5.26 Å². The highest BCUT2D eigenvalue weighted by Gasteiger charge is 2.07. The molecule has 5 heteroatoms. The van der Waals surface area contributed by atoms with E-state index in [4.69, 9.17) is 21.6 Å². The van der Waals surface area contributed by atoms with Crippen molar-refractivity contribution in [3.63, 3.8) is 0 Å². The van der Waals surface area contributed by atoms with E-state index in [1.165, 1.54) is 13.2 Å². The molecule has 20 heavy (non-hydrogen) atoms. The van der Waals surface area contributed by atoms with Gasteiger partial charge in [0.2, 0.25) is 0 Å². The van der Waals surface area contributed by atoms with Crippen LogP contribution in [0.1, 0.15) is 11.1 Å². The Balaban J connectivity index is 2.15. The monoisotopic (exact) mass is 290 g/mol. The summed E-state index contributed by atoms with van der Waals surface area (Å²) in [6, 6.07) is 12.1. The van der Waals surface area contributed by atoms with Gasteiger partial charge in [0.25, 0.3) is 0 Å². The molecule has 0 aromatic heterocycles. The van der Waals surface area contributed by atoms with E-state index in [-0.39, 0.29) is 5.02 Å². The van der Waals surface area contributed by atoms with Crippen molar-refractivity contribution >= 4 is 17.3 Å². The molecule has 2 aromatic rings. The number of nitrogens with one attached hydrogen (secondary N) is 1. The maximum absolute atomic E-state index is 13.7. The van der Waals surface area contributed by atoms with E-state index in [1.54, 1.807) is 24.3 Å². The van der Waals surface area contributed by atoms with Crippen molar-refractivity contribution in [1.82, 2.24) is 0 Å². The predicted molar refractivity (Wildman–Crippen MR) is 76.4 cm³/mol. The summed E-state index contributed by atoms with van der Waals surface area (Å²) >= 11 is 5.71. The summed E-state index contributed by atoms with van der Waals surface area (Å²) in [5, 5.41) is 12.0. The lowest BCUT2D eigenvalue weighted by molar-refractivity contribution is 0.413. The molecular weight excluding hydrogens is 279 g/mol. The fraction of sp³-hybridized carbons (Fsp3) is 0.133. The minimum absolute atomic E-state index is 0.0717. The Morgan fingerprint density at radius 1 is 1.35 bits per heavy atom. The highest BCUT2D eigenvalue weighted by molar-refractivity contribution is 6.31. The molecule has 0 radical (unpaired) electrons. The van der Waals surface area contributed by atoms with Crippen LogP contribution in [0.3, 0.4) is 0 Å². The number of anilines is 1. The summed E-state index contributed by atoms with van der Waals surface area (Å²) < 4.78 is 18.8. The van der Waals surface area contributed by atoms with E-state index in [2.05, 4.69) is 11.4 Å². The molecule has 2 rings (SSSR count). The summed E-state index contributed by atoms with van der Waals surface area (Å²) in [6.07, 6.45) is 0.